The number of hydrogen-bond donors (Lipinski definition) is 0. The minimum Gasteiger partial charge on any atom is -0.496 e. The fourth-order valence-corrected chi connectivity index (χ4v) is 2.76. The molecule has 0 saturated heterocycles. The van der Waals surface area contributed by atoms with Gasteiger partial charge in [-0.2, -0.15) is 0 Å². The maximum atomic E-state index is 13.5. The average molecular weight is 348 g/mol. The van der Waals surface area contributed by atoms with E-state index in [1.54, 1.807) is 12.1 Å². The zero-order valence-corrected chi connectivity index (χ0v) is 12.3. The molecule has 0 aromatic heterocycles. The van der Waals surface area contributed by atoms with Crippen molar-refractivity contribution in [3.05, 3.63) is 63.6 Å². The summed E-state index contributed by atoms with van der Waals surface area (Å²) in [6.07, 6.45) is 0. The summed E-state index contributed by atoms with van der Waals surface area (Å²) < 4.78 is 32.3. The largest absolute Gasteiger partial charge is 0.496 e. The Morgan fingerprint density at radius 1 is 1.16 bits per heavy atom. The highest BCUT2D eigenvalue weighted by molar-refractivity contribution is 9.10. The molecule has 0 aliphatic carbocycles. The molecule has 5 heteroatoms. The SMILES string of the molecule is COc1ccc(F)cc1C(Cl)c1cccc(F)c1Br. The fourth-order valence-electron chi connectivity index (χ4n) is 1.79. The summed E-state index contributed by atoms with van der Waals surface area (Å²) in [5.41, 5.74) is 0.973. The molecule has 0 spiro atoms. The van der Waals surface area contributed by atoms with E-state index >= 15 is 0 Å². The molecule has 0 N–H and O–H groups in total. The van der Waals surface area contributed by atoms with E-state index in [0.717, 1.165) is 0 Å². The molecular weight excluding hydrogens is 338 g/mol. The highest BCUT2D eigenvalue weighted by atomic mass is 79.9. The van der Waals surface area contributed by atoms with Crippen molar-refractivity contribution in [2.24, 2.45) is 0 Å². The lowest BCUT2D eigenvalue weighted by molar-refractivity contribution is 0.408. The van der Waals surface area contributed by atoms with Gasteiger partial charge < -0.3 is 4.74 Å². The molecule has 0 saturated carbocycles. The Morgan fingerprint density at radius 3 is 2.58 bits per heavy atom. The normalized spacial score (nSPS) is 12.3. The van der Waals surface area contributed by atoms with Crippen molar-refractivity contribution in [3.63, 3.8) is 0 Å². The van der Waals surface area contributed by atoms with Crippen LogP contribution in [0, 0.1) is 11.6 Å². The summed E-state index contributed by atoms with van der Waals surface area (Å²) in [5.74, 6) is -0.384. The number of methoxy groups -OCH3 is 1. The van der Waals surface area contributed by atoms with E-state index in [1.165, 1.54) is 31.4 Å². The molecule has 2 aromatic rings. The van der Waals surface area contributed by atoms with E-state index in [4.69, 9.17) is 16.3 Å². The standard InChI is InChI=1S/C14H10BrClF2O/c1-19-12-6-5-8(17)7-10(12)14(16)9-3-2-4-11(18)13(9)15/h2-7,14H,1H3. The monoisotopic (exact) mass is 346 g/mol. The van der Waals surface area contributed by atoms with Gasteiger partial charge in [-0.1, -0.05) is 12.1 Å². The summed E-state index contributed by atoms with van der Waals surface area (Å²) >= 11 is 9.47. The summed E-state index contributed by atoms with van der Waals surface area (Å²) in [4.78, 5) is 0. The minimum atomic E-state index is -0.712. The number of benzene rings is 2. The van der Waals surface area contributed by atoms with Gasteiger partial charge in [0.05, 0.1) is 17.0 Å². The average Bonchev–Trinajstić information content (AvgIpc) is 2.41. The van der Waals surface area contributed by atoms with Crippen molar-refractivity contribution in [3.8, 4) is 5.75 Å². The first-order valence-electron chi connectivity index (χ1n) is 5.46. The Hall–Kier alpha value is -1.13. The molecule has 0 heterocycles. The number of ether oxygens (including phenoxy) is 1. The lowest BCUT2D eigenvalue weighted by atomic mass is 10.0. The first kappa shape index (κ1) is 14.3. The maximum absolute atomic E-state index is 13.5. The molecule has 100 valence electrons. The zero-order valence-electron chi connectivity index (χ0n) is 9.96. The summed E-state index contributed by atoms with van der Waals surface area (Å²) in [7, 11) is 1.47. The summed E-state index contributed by atoms with van der Waals surface area (Å²) in [5, 5.41) is -0.712. The topological polar surface area (TPSA) is 9.23 Å². The second-order valence-electron chi connectivity index (χ2n) is 3.89. The van der Waals surface area contributed by atoms with Crippen LogP contribution in [0.3, 0.4) is 0 Å². The van der Waals surface area contributed by atoms with Gasteiger partial charge >= 0.3 is 0 Å². The Kier molecular flexibility index (Phi) is 4.42. The van der Waals surface area contributed by atoms with Crippen LogP contribution in [0.4, 0.5) is 8.78 Å². The van der Waals surface area contributed by atoms with Crippen molar-refractivity contribution in [1.29, 1.82) is 0 Å². The van der Waals surface area contributed by atoms with E-state index in [1.807, 2.05) is 0 Å². The van der Waals surface area contributed by atoms with Crippen LogP contribution >= 0.6 is 27.5 Å². The molecule has 2 aromatic carbocycles. The van der Waals surface area contributed by atoms with Crippen molar-refractivity contribution < 1.29 is 13.5 Å². The predicted octanol–water partition coefficient (Wildman–Crippen LogP) is 5.06. The zero-order chi connectivity index (χ0) is 14.0. The number of halogens is 4. The quantitative estimate of drug-likeness (QED) is 0.705. The Bertz CT molecular complexity index is 604. The van der Waals surface area contributed by atoms with E-state index in [9.17, 15) is 8.78 Å². The van der Waals surface area contributed by atoms with Crippen LogP contribution in [0.1, 0.15) is 16.5 Å². The maximum Gasteiger partial charge on any atom is 0.137 e. The van der Waals surface area contributed by atoms with Crippen LogP contribution in [0.5, 0.6) is 5.75 Å². The van der Waals surface area contributed by atoms with Gasteiger partial charge in [-0.15, -0.1) is 11.6 Å². The predicted molar refractivity (Wildman–Crippen MR) is 74.7 cm³/mol. The summed E-state index contributed by atoms with van der Waals surface area (Å²) in [6.45, 7) is 0. The molecule has 1 unspecified atom stereocenters. The van der Waals surface area contributed by atoms with E-state index in [2.05, 4.69) is 15.9 Å². The van der Waals surface area contributed by atoms with Gasteiger partial charge in [-0.25, -0.2) is 8.78 Å². The van der Waals surface area contributed by atoms with Gasteiger partial charge in [0, 0.05) is 5.56 Å². The van der Waals surface area contributed by atoms with Gasteiger partial charge in [-0.05, 0) is 45.8 Å². The number of alkyl halides is 1. The highest BCUT2D eigenvalue weighted by Crippen LogP contribution is 2.39. The van der Waals surface area contributed by atoms with Crippen LogP contribution in [0.15, 0.2) is 40.9 Å². The molecule has 0 bridgehead atoms. The van der Waals surface area contributed by atoms with E-state index in [0.29, 0.717) is 16.9 Å². The lowest BCUT2D eigenvalue weighted by Crippen LogP contribution is -2.00. The van der Waals surface area contributed by atoms with Crippen molar-refractivity contribution in [2.75, 3.05) is 7.11 Å². The lowest BCUT2D eigenvalue weighted by Gasteiger charge is -2.16. The van der Waals surface area contributed by atoms with Crippen LogP contribution in [0.25, 0.3) is 0 Å². The van der Waals surface area contributed by atoms with E-state index in [-0.39, 0.29) is 4.47 Å². The first-order chi connectivity index (χ1) is 9.04. The molecule has 0 amide bonds. The van der Waals surface area contributed by atoms with Gasteiger partial charge in [0.2, 0.25) is 0 Å². The second kappa shape index (κ2) is 5.88. The van der Waals surface area contributed by atoms with Crippen molar-refractivity contribution >= 4 is 27.5 Å². The Morgan fingerprint density at radius 2 is 1.89 bits per heavy atom. The van der Waals surface area contributed by atoms with Crippen LogP contribution in [0.2, 0.25) is 0 Å². The third-order valence-corrected chi connectivity index (χ3v) is 4.03. The Labute approximate surface area is 123 Å². The first-order valence-corrected chi connectivity index (χ1v) is 6.69. The van der Waals surface area contributed by atoms with Gasteiger partial charge in [0.15, 0.2) is 0 Å². The molecule has 1 atom stereocenters. The molecule has 0 radical (unpaired) electrons. The third kappa shape index (κ3) is 2.90. The molecule has 0 fully saturated rings. The van der Waals surface area contributed by atoms with E-state index < -0.39 is 17.0 Å². The van der Waals surface area contributed by atoms with Crippen LogP contribution in [-0.4, -0.2) is 7.11 Å². The van der Waals surface area contributed by atoms with Gasteiger partial charge in [0.25, 0.3) is 0 Å². The summed E-state index contributed by atoms with van der Waals surface area (Å²) in [6, 6.07) is 8.61. The van der Waals surface area contributed by atoms with Crippen molar-refractivity contribution in [2.45, 2.75) is 5.38 Å². The minimum absolute atomic E-state index is 0.265. The second-order valence-corrected chi connectivity index (χ2v) is 5.12. The van der Waals surface area contributed by atoms with Gasteiger partial charge in [0.1, 0.15) is 17.4 Å². The highest BCUT2D eigenvalue weighted by Gasteiger charge is 2.20. The number of hydrogen-bond acceptors (Lipinski definition) is 1. The molecule has 1 nitrogen and oxygen atoms in total. The third-order valence-electron chi connectivity index (χ3n) is 2.72. The molecule has 0 aliphatic rings. The van der Waals surface area contributed by atoms with Crippen LogP contribution < -0.4 is 4.74 Å². The van der Waals surface area contributed by atoms with Crippen molar-refractivity contribution in [1.82, 2.24) is 0 Å². The number of rotatable bonds is 3. The van der Waals surface area contributed by atoms with Gasteiger partial charge in [-0.3, -0.25) is 0 Å². The molecule has 0 aliphatic heterocycles. The Balaban J connectivity index is 2.52. The fraction of sp³-hybridized carbons (Fsp3) is 0.143. The van der Waals surface area contributed by atoms with Crippen LogP contribution in [-0.2, 0) is 0 Å². The molecule has 2 rings (SSSR count). The molecule has 19 heavy (non-hydrogen) atoms. The molecular formula is C14H10BrClF2O. The smallest absolute Gasteiger partial charge is 0.137 e.